The van der Waals surface area contributed by atoms with Crippen LogP contribution in [0.5, 0.6) is 5.75 Å². The maximum atomic E-state index is 12.3. The Morgan fingerprint density at radius 1 is 1.64 bits per heavy atom. The zero-order valence-electron chi connectivity index (χ0n) is 7.09. The van der Waals surface area contributed by atoms with Crippen molar-refractivity contribution >= 4 is 16.8 Å². The third-order valence-corrected chi connectivity index (χ3v) is 1.89. The first-order valence-electron chi connectivity index (χ1n) is 3.61. The first-order chi connectivity index (χ1) is 6.45. The van der Waals surface area contributed by atoms with E-state index in [0.717, 1.165) is 6.20 Å². The lowest BCUT2D eigenvalue weighted by atomic mass is 10.1. The van der Waals surface area contributed by atoms with Crippen molar-refractivity contribution in [3.05, 3.63) is 23.0 Å². The summed E-state index contributed by atoms with van der Waals surface area (Å²) in [4.78, 5) is 14.3. The molecule has 0 aromatic carbocycles. The van der Waals surface area contributed by atoms with E-state index < -0.39 is 28.5 Å². The maximum Gasteiger partial charge on any atom is 0.266 e. The molecule has 0 saturated heterocycles. The molecule has 0 unspecified atom stereocenters. The molecule has 0 radical (unpaired) electrons. The van der Waals surface area contributed by atoms with Crippen LogP contribution in [0.25, 0.3) is 0 Å². The second kappa shape index (κ2) is 3.88. The van der Waals surface area contributed by atoms with Gasteiger partial charge in [0.05, 0.1) is 16.8 Å². The van der Waals surface area contributed by atoms with Gasteiger partial charge in [-0.05, 0) is 18.5 Å². The molecule has 0 saturated carbocycles. The molecule has 1 N–H and O–H groups in total. The second-order valence-electron chi connectivity index (χ2n) is 2.60. The molecule has 1 aromatic rings. The van der Waals surface area contributed by atoms with E-state index in [1.165, 1.54) is 6.92 Å². The number of rotatable bonds is 2. The Morgan fingerprint density at radius 3 is 2.64 bits per heavy atom. The van der Waals surface area contributed by atoms with Gasteiger partial charge in [0, 0.05) is 6.20 Å². The number of hydrogen-bond donors (Lipinski definition) is 1. The monoisotopic (exact) mass is 221 g/mol. The van der Waals surface area contributed by atoms with Crippen LogP contribution in [0, 0.1) is 6.92 Å². The molecule has 0 aliphatic heterocycles. The molecule has 0 amide bonds. The first-order valence-corrected chi connectivity index (χ1v) is 3.99. The number of alkyl halides is 2. The van der Waals surface area contributed by atoms with Crippen LogP contribution in [-0.4, -0.2) is 15.3 Å². The maximum absolute atomic E-state index is 12.3. The van der Waals surface area contributed by atoms with Gasteiger partial charge in [0.1, 0.15) is 5.75 Å². The van der Waals surface area contributed by atoms with Crippen molar-refractivity contribution in [1.82, 2.24) is 4.98 Å². The number of carbonyl (C=O) groups excluding carboxylic acids is 1. The highest BCUT2D eigenvalue weighted by Crippen LogP contribution is 2.31. The van der Waals surface area contributed by atoms with E-state index in [9.17, 15) is 18.7 Å². The van der Waals surface area contributed by atoms with Crippen LogP contribution < -0.4 is 0 Å². The van der Waals surface area contributed by atoms with Gasteiger partial charge in [-0.15, -0.1) is 0 Å². The Hall–Kier alpha value is -1.23. The molecule has 1 rings (SSSR count). The van der Waals surface area contributed by atoms with Crippen LogP contribution in [0.1, 0.15) is 28.0 Å². The lowest BCUT2D eigenvalue weighted by Crippen LogP contribution is -2.02. The standard InChI is InChI=1S/C8H6ClF2NO2/c1-3-6(13)5(7(9)14)4(2-12-3)8(10)11/h2,8,13H,1H3. The summed E-state index contributed by atoms with van der Waals surface area (Å²) in [6.45, 7) is 1.38. The molecule has 1 heterocycles. The van der Waals surface area contributed by atoms with Gasteiger partial charge in [-0.25, -0.2) is 8.78 Å². The fraction of sp³-hybridized carbons (Fsp3) is 0.250. The van der Waals surface area contributed by atoms with Crippen LogP contribution in [0.4, 0.5) is 8.78 Å². The summed E-state index contributed by atoms with van der Waals surface area (Å²) < 4.78 is 24.7. The molecular weight excluding hydrogens is 216 g/mol. The predicted octanol–water partition coefficient (Wildman–Crippen LogP) is 2.41. The number of nitrogens with zero attached hydrogens (tertiary/aromatic N) is 1. The normalized spacial score (nSPS) is 10.6. The van der Waals surface area contributed by atoms with E-state index in [-0.39, 0.29) is 5.69 Å². The fourth-order valence-corrected chi connectivity index (χ4v) is 1.18. The Labute approximate surface area is 83.3 Å². The summed E-state index contributed by atoms with van der Waals surface area (Å²) in [7, 11) is 0. The van der Waals surface area contributed by atoms with Crippen LogP contribution in [-0.2, 0) is 0 Å². The summed E-state index contributed by atoms with van der Waals surface area (Å²) in [5.41, 5.74) is -1.15. The number of aryl methyl sites for hydroxylation is 1. The number of aromatic hydroxyl groups is 1. The van der Waals surface area contributed by atoms with E-state index >= 15 is 0 Å². The van der Waals surface area contributed by atoms with E-state index in [1.54, 1.807) is 0 Å². The minimum absolute atomic E-state index is 0.0819. The van der Waals surface area contributed by atoms with Crippen molar-refractivity contribution in [2.45, 2.75) is 13.3 Å². The topological polar surface area (TPSA) is 50.2 Å². The molecule has 0 bridgehead atoms. The number of hydrogen-bond acceptors (Lipinski definition) is 3. The van der Waals surface area contributed by atoms with Gasteiger partial charge >= 0.3 is 0 Å². The van der Waals surface area contributed by atoms with Gasteiger partial charge in [0.15, 0.2) is 0 Å². The average Bonchev–Trinajstić information content (AvgIpc) is 2.08. The highest BCUT2D eigenvalue weighted by Gasteiger charge is 2.22. The Bertz CT molecular complexity index is 382. The molecule has 0 aliphatic carbocycles. The molecule has 0 aliphatic rings. The van der Waals surface area contributed by atoms with Crippen molar-refractivity contribution in [3.8, 4) is 5.75 Å². The smallest absolute Gasteiger partial charge is 0.266 e. The van der Waals surface area contributed by atoms with E-state index in [2.05, 4.69) is 4.98 Å². The predicted molar refractivity (Wildman–Crippen MR) is 45.8 cm³/mol. The quantitative estimate of drug-likeness (QED) is 0.781. The van der Waals surface area contributed by atoms with E-state index in [1.807, 2.05) is 0 Å². The molecule has 6 heteroatoms. The molecule has 3 nitrogen and oxygen atoms in total. The van der Waals surface area contributed by atoms with Crippen LogP contribution in [0.2, 0.25) is 0 Å². The minimum atomic E-state index is -2.90. The number of pyridine rings is 1. The Morgan fingerprint density at radius 2 is 2.21 bits per heavy atom. The largest absolute Gasteiger partial charge is 0.505 e. The van der Waals surface area contributed by atoms with Gasteiger partial charge in [-0.2, -0.15) is 0 Å². The zero-order valence-corrected chi connectivity index (χ0v) is 7.85. The SMILES string of the molecule is Cc1ncc(C(F)F)c(C(=O)Cl)c1O. The lowest BCUT2D eigenvalue weighted by Gasteiger charge is -2.07. The molecule has 0 spiro atoms. The number of aromatic nitrogens is 1. The van der Waals surface area contributed by atoms with Gasteiger partial charge in [0.2, 0.25) is 0 Å². The molecule has 0 fully saturated rings. The lowest BCUT2D eigenvalue weighted by molar-refractivity contribution is 0.106. The third kappa shape index (κ3) is 1.82. The van der Waals surface area contributed by atoms with Crippen LogP contribution in [0.15, 0.2) is 6.20 Å². The summed E-state index contributed by atoms with van der Waals surface area (Å²) in [6.07, 6.45) is -2.07. The molecule has 0 atom stereocenters. The van der Waals surface area contributed by atoms with E-state index in [0.29, 0.717) is 0 Å². The number of carbonyl (C=O) groups is 1. The average molecular weight is 222 g/mol. The highest BCUT2D eigenvalue weighted by atomic mass is 35.5. The zero-order chi connectivity index (χ0) is 10.9. The van der Waals surface area contributed by atoms with Crippen molar-refractivity contribution in [1.29, 1.82) is 0 Å². The Balaban J connectivity index is 3.45. The van der Waals surface area contributed by atoms with Gasteiger partial charge in [0.25, 0.3) is 11.7 Å². The van der Waals surface area contributed by atoms with Crippen molar-refractivity contribution in [2.24, 2.45) is 0 Å². The summed E-state index contributed by atoms with van der Waals surface area (Å²) in [5.74, 6) is -0.595. The molecule has 14 heavy (non-hydrogen) atoms. The van der Waals surface area contributed by atoms with Crippen LogP contribution in [0.3, 0.4) is 0 Å². The second-order valence-corrected chi connectivity index (χ2v) is 2.94. The summed E-state index contributed by atoms with van der Waals surface area (Å²) in [6, 6.07) is 0. The molecular formula is C8H6ClF2NO2. The van der Waals surface area contributed by atoms with Crippen molar-refractivity contribution in [2.75, 3.05) is 0 Å². The number of halogens is 3. The van der Waals surface area contributed by atoms with Gasteiger partial charge in [-0.1, -0.05) is 0 Å². The summed E-state index contributed by atoms with van der Waals surface area (Å²) in [5, 5.41) is 8.17. The molecule has 76 valence electrons. The Kier molecular flexibility index (Phi) is 3.00. The van der Waals surface area contributed by atoms with Crippen molar-refractivity contribution < 1.29 is 18.7 Å². The summed E-state index contributed by atoms with van der Waals surface area (Å²) >= 11 is 5.07. The van der Waals surface area contributed by atoms with Gasteiger partial charge < -0.3 is 5.11 Å². The van der Waals surface area contributed by atoms with E-state index in [4.69, 9.17) is 11.6 Å². The minimum Gasteiger partial charge on any atom is -0.505 e. The third-order valence-electron chi connectivity index (χ3n) is 1.70. The van der Waals surface area contributed by atoms with Crippen molar-refractivity contribution in [3.63, 3.8) is 0 Å². The fourth-order valence-electron chi connectivity index (χ4n) is 0.982. The van der Waals surface area contributed by atoms with Crippen LogP contribution >= 0.6 is 11.6 Å². The molecule has 1 aromatic heterocycles. The first kappa shape index (κ1) is 10.8. The van der Waals surface area contributed by atoms with Gasteiger partial charge in [-0.3, -0.25) is 9.78 Å². The highest BCUT2D eigenvalue weighted by molar-refractivity contribution is 6.68.